The molecule has 57 heavy (non-hydrogen) atoms. The van der Waals surface area contributed by atoms with Crippen LogP contribution < -0.4 is 24.6 Å². The maximum absolute atomic E-state index is 12.9. The van der Waals surface area contributed by atoms with Crippen molar-refractivity contribution in [1.29, 1.82) is 0 Å². The summed E-state index contributed by atoms with van der Waals surface area (Å²) in [5.74, 6) is 2.19. The summed E-state index contributed by atoms with van der Waals surface area (Å²) in [7, 11) is 2.30. The van der Waals surface area contributed by atoms with Crippen molar-refractivity contribution in [3.63, 3.8) is 0 Å². The number of hydrogen-bond acceptors (Lipinski definition) is 10. The lowest BCUT2D eigenvalue weighted by Gasteiger charge is -2.38. The van der Waals surface area contributed by atoms with Gasteiger partial charge in [0, 0.05) is 18.2 Å². The average Bonchev–Trinajstić information content (AvgIpc) is 3.37. The SMILES string of the molecule is CN1C2CCC1CC(OC(c1ccccc1)c1ccccc1)C2.COc1ccc(-c2c(OC)c3c(OC)c4c(cc3oc2=O)OC(C)(C)C=C4)cc1.O=S(=O)(O)O. The fourth-order valence-electron chi connectivity index (χ4n) is 7.83. The van der Waals surface area contributed by atoms with Gasteiger partial charge in [0.05, 0.1) is 33.0 Å². The van der Waals surface area contributed by atoms with Crippen molar-refractivity contribution < 1.29 is 45.6 Å². The molecule has 2 bridgehead atoms. The van der Waals surface area contributed by atoms with Gasteiger partial charge < -0.3 is 33.0 Å². The van der Waals surface area contributed by atoms with Gasteiger partial charge in [-0.25, -0.2) is 4.79 Å². The summed E-state index contributed by atoms with van der Waals surface area (Å²) in [5.41, 5.74) is 3.62. The smallest absolute Gasteiger partial charge is 0.394 e. The summed E-state index contributed by atoms with van der Waals surface area (Å²) in [6.45, 7) is 3.90. The molecule has 0 saturated carbocycles. The van der Waals surface area contributed by atoms with Crippen LogP contribution in [0.5, 0.6) is 23.0 Å². The van der Waals surface area contributed by atoms with Crippen molar-refractivity contribution in [2.24, 2.45) is 0 Å². The van der Waals surface area contributed by atoms with Crippen LogP contribution in [-0.2, 0) is 15.1 Å². The van der Waals surface area contributed by atoms with Crippen molar-refractivity contribution in [2.45, 2.75) is 69.4 Å². The first kappa shape index (κ1) is 41.5. The molecule has 4 aromatic carbocycles. The quantitative estimate of drug-likeness (QED) is 0.114. The third-order valence-electron chi connectivity index (χ3n) is 10.5. The van der Waals surface area contributed by atoms with Crippen LogP contribution in [0.25, 0.3) is 28.2 Å². The van der Waals surface area contributed by atoms with Crippen molar-refractivity contribution in [3.8, 4) is 34.1 Å². The number of piperidine rings is 1. The second kappa shape index (κ2) is 17.5. The van der Waals surface area contributed by atoms with E-state index in [0.29, 0.717) is 63.3 Å². The summed E-state index contributed by atoms with van der Waals surface area (Å²) < 4.78 is 66.6. The number of methoxy groups -OCH3 is 3. The molecular weight excluding hydrogens is 751 g/mol. The van der Waals surface area contributed by atoms with E-state index >= 15 is 0 Å². The van der Waals surface area contributed by atoms with Gasteiger partial charge in [-0.2, -0.15) is 8.42 Å². The first-order valence-corrected chi connectivity index (χ1v) is 20.0. The van der Waals surface area contributed by atoms with Gasteiger partial charge in [0.25, 0.3) is 0 Å². The Morgan fingerprint density at radius 3 is 1.86 bits per heavy atom. The van der Waals surface area contributed by atoms with E-state index in [9.17, 15) is 4.79 Å². The van der Waals surface area contributed by atoms with Crippen LogP contribution in [0.1, 0.15) is 62.3 Å². The van der Waals surface area contributed by atoms with Crippen molar-refractivity contribution in [2.75, 3.05) is 28.4 Å². The van der Waals surface area contributed by atoms with Gasteiger partial charge in [0.2, 0.25) is 0 Å². The van der Waals surface area contributed by atoms with Gasteiger partial charge in [-0.1, -0.05) is 72.8 Å². The van der Waals surface area contributed by atoms with Crippen molar-refractivity contribution >= 4 is 27.4 Å². The van der Waals surface area contributed by atoms with Gasteiger partial charge in [-0.05, 0) is 87.6 Å². The Bertz CT molecular complexity index is 2280. The van der Waals surface area contributed by atoms with E-state index in [1.54, 1.807) is 44.6 Å². The van der Waals surface area contributed by atoms with Gasteiger partial charge in [0.1, 0.15) is 51.2 Å². The zero-order valence-corrected chi connectivity index (χ0v) is 33.7. The minimum Gasteiger partial charge on any atom is -0.497 e. The molecule has 0 aliphatic carbocycles. The zero-order valence-electron chi connectivity index (χ0n) is 32.9. The number of benzene rings is 4. The molecule has 5 aromatic rings. The highest BCUT2D eigenvalue weighted by Crippen LogP contribution is 2.47. The van der Waals surface area contributed by atoms with Gasteiger partial charge in [-0.3, -0.25) is 9.11 Å². The standard InChI is InChI=1S/C23H22O6.C21H25NO.H2O4S/c1-23(2)11-10-15-16(29-23)12-17-19(20(15)26-4)21(27-5)18(22(24)28-17)13-6-8-14(25-3)9-7-13;1-22-18-12-13-19(22)15-20(14-18)23-21(16-8-4-2-5-9-16)17-10-6-3-7-11-17;1-5(2,3)4/h6-12H,1-5H3;2-11,18-21H,12-15H2,1H3;(H2,1,2,3,4). The normalized spacial score (nSPS) is 19.4. The van der Waals surface area contributed by atoms with Crippen molar-refractivity contribution in [3.05, 3.63) is 124 Å². The highest BCUT2D eigenvalue weighted by atomic mass is 32.3. The minimum atomic E-state index is -4.67. The lowest BCUT2D eigenvalue weighted by atomic mass is 9.97. The van der Waals surface area contributed by atoms with Crippen LogP contribution in [0.2, 0.25) is 0 Å². The molecule has 13 heteroatoms. The Balaban J connectivity index is 0.000000176. The fraction of sp³-hybridized carbons (Fsp3) is 0.341. The van der Waals surface area contributed by atoms with Gasteiger partial charge in [-0.15, -0.1) is 0 Å². The van der Waals surface area contributed by atoms with Crippen LogP contribution in [0.15, 0.2) is 106 Å². The molecule has 2 atom stereocenters. The molecule has 4 heterocycles. The molecule has 0 spiro atoms. The van der Waals surface area contributed by atoms with E-state index in [1.807, 2.05) is 26.0 Å². The molecule has 3 aliphatic rings. The van der Waals surface area contributed by atoms with E-state index < -0.39 is 21.6 Å². The number of fused-ring (bicyclic) bond motifs is 4. The molecular formula is C44H49NO11S. The Hall–Kier alpha value is -5.18. The average molecular weight is 800 g/mol. The van der Waals surface area contributed by atoms with Crippen LogP contribution in [0.3, 0.4) is 0 Å². The lowest BCUT2D eigenvalue weighted by Crippen LogP contribution is -2.43. The van der Waals surface area contributed by atoms with E-state index in [1.165, 1.54) is 43.9 Å². The van der Waals surface area contributed by atoms with E-state index in [-0.39, 0.29) is 6.10 Å². The minimum absolute atomic E-state index is 0.0465. The Labute approximate surface area is 333 Å². The number of ether oxygens (including phenoxy) is 5. The largest absolute Gasteiger partial charge is 0.497 e. The van der Waals surface area contributed by atoms with Crippen LogP contribution in [0.4, 0.5) is 0 Å². The second-order valence-corrected chi connectivity index (χ2v) is 15.6. The molecule has 0 amide bonds. The zero-order chi connectivity index (χ0) is 40.9. The Kier molecular flexibility index (Phi) is 12.8. The molecule has 2 N–H and O–H groups in total. The summed E-state index contributed by atoms with van der Waals surface area (Å²) >= 11 is 0. The maximum atomic E-state index is 12.9. The third-order valence-corrected chi connectivity index (χ3v) is 10.5. The molecule has 2 fully saturated rings. The summed E-state index contributed by atoms with van der Waals surface area (Å²) in [5, 5.41) is 0.576. The van der Waals surface area contributed by atoms with Crippen molar-refractivity contribution in [1.82, 2.24) is 4.90 Å². The maximum Gasteiger partial charge on any atom is 0.394 e. The molecule has 3 aliphatic heterocycles. The number of hydrogen-bond donors (Lipinski definition) is 2. The molecule has 2 unspecified atom stereocenters. The molecule has 0 radical (unpaired) electrons. The van der Waals surface area contributed by atoms with Crippen LogP contribution in [-0.4, -0.2) is 74.6 Å². The van der Waals surface area contributed by atoms with Crippen LogP contribution >= 0.6 is 0 Å². The highest BCUT2D eigenvalue weighted by Gasteiger charge is 2.40. The predicted octanol–water partition coefficient (Wildman–Crippen LogP) is 8.44. The Morgan fingerprint density at radius 1 is 0.807 bits per heavy atom. The topological polar surface area (TPSA) is 154 Å². The van der Waals surface area contributed by atoms with E-state index in [2.05, 4.69) is 72.6 Å². The van der Waals surface area contributed by atoms with E-state index in [4.69, 9.17) is 45.6 Å². The molecule has 8 rings (SSSR count). The molecule has 12 nitrogen and oxygen atoms in total. The number of nitrogens with zero attached hydrogens (tertiary/aromatic N) is 1. The molecule has 302 valence electrons. The van der Waals surface area contributed by atoms with Gasteiger partial charge in [0.15, 0.2) is 0 Å². The summed E-state index contributed by atoms with van der Waals surface area (Å²) in [4.78, 5) is 15.5. The third kappa shape index (κ3) is 9.86. The van der Waals surface area contributed by atoms with Gasteiger partial charge >= 0.3 is 16.0 Å². The Morgan fingerprint density at radius 2 is 1.35 bits per heavy atom. The highest BCUT2D eigenvalue weighted by molar-refractivity contribution is 7.79. The predicted molar refractivity (Wildman–Crippen MR) is 219 cm³/mol. The van der Waals surface area contributed by atoms with Crippen LogP contribution in [0, 0.1) is 0 Å². The first-order chi connectivity index (χ1) is 27.2. The summed E-state index contributed by atoms with van der Waals surface area (Å²) in [6, 6.07) is 31.6. The molecule has 1 aromatic heterocycles. The van der Waals surface area contributed by atoms with E-state index in [0.717, 1.165) is 5.56 Å². The molecule has 2 saturated heterocycles. The first-order valence-electron chi connectivity index (χ1n) is 18.6. The summed E-state index contributed by atoms with van der Waals surface area (Å²) in [6.07, 6.45) is 9.34. The lowest BCUT2D eigenvalue weighted by molar-refractivity contribution is -0.0426. The fourth-order valence-corrected chi connectivity index (χ4v) is 7.83. The monoisotopic (exact) mass is 799 g/mol. The second-order valence-electron chi connectivity index (χ2n) is 14.7. The number of rotatable bonds is 8.